The molecule has 0 heterocycles. The van der Waals surface area contributed by atoms with E-state index in [9.17, 15) is 0 Å². The zero-order chi connectivity index (χ0) is 6.99. The predicted molar refractivity (Wildman–Crippen MR) is 40.4 cm³/mol. The van der Waals surface area contributed by atoms with Crippen LogP contribution in [0.5, 0.6) is 0 Å². The van der Waals surface area contributed by atoms with Gasteiger partial charge >= 0.3 is 57.5 Å². The Kier molecular flexibility index (Phi) is 29.3. The minimum atomic E-state index is -1.83. The molecule has 0 saturated carbocycles. The molecule has 0 amide bonds. The molecule has 0 aliphatic carbocycles. The SMILES string of the molecule is C#CCBr.O=C(O)O.[KH]. The van der Waals surface area contributed by atoms with Gasteiger partial charge in [0.1, 0.15) is 0 Å². The third-order valence-electron chi connectivity index (χ3n) is 0.0772. The quantitative estimate of drug-likeness (QED) is 0.357. The van der Waals surface area contributed by atoms with Crippen molar-refractivity contribution in [3.63, 3.8) is 0 Å². The van der Waals surface area contributed by atoms with Crippen molar-refractivity contribution in [1.29, 1.82) is 0 Å². The molecule has 0 atom stereocenters. The van der Waals surface area contributed by atoms with Crippen LogP contribution in [0.1, 0.15) is 0 Å². The van der Waals surface area contributed by atoms with Crippen LogP contribution in [0, 0.1) is 12.3 Å². The van der Waals surface area contributed by atoms with Crippen LogP contribution in [0.25, 0.3) is 0 Å². The van der Waals surface area contributed by atoms with Gasteiger partial charge in [-0.1, -0.05) is 21.9 Å². The molecule has 48 valence electrons. The number of rotatable bonds is 0. The first kappa shape index (κ1) is 16.5. The molecule has 0 aliphatic heterocycles. The van der Waals surface area contributed by atoms with E-state index in [1.807, 2.05) is 0 Å². The third kappa shape index (κ3) is 114. The molecule has 2 N–H and O–H groups in total. The van der Waals surface area contributed by atoms with Crippen LogP contribution in [-0.2, 0) is 0 Å². The summed E-state index contributed by atoms with van der Waals surface area (Å²) in [5.74, 6) is 2.35. The zero-order valence-electron chi connectivity index (χ0n) is 3.97. The number of halogens is 1. The Morgan fingerprint density at radius 1 is 1.67 bits per heavy atom. The van der Waals surface area contributed by atoms with E-state index in [0.717, 1.165) is 0 Å². The van der Waals surface area contributed by atoms with Crippen molar-refractivity contribution in [3.05, 3.63) is 0 Å². The van der Waals surface area contributed by atoms with Crippen LogP contribution in [0.2, 0.25) is 0 Å². The summed E-state index contributed by atoms with van der Waals surface area (Å²) in [4.78, 5) is 8.56. The predicted octanol–water partition coefficient (Wildman–Crippen LogP) is 0.588. The normalized spacial score (nSPS) is 4.89. The molecule has 3 nitrogen and oxygen atoms in total. The Morgan fingerprint density at radius 3 is 1.78 bits per heavy atom. The Bertz CT molecular complexity index is 94.5. The minimum absolute atomic E-state index is 0. The summed E-state index contributed by atoms with van der Waals surface area (Å²) in [6, 6.07) is 0. The van der Waals surface area contributed by atoms with Gasteiger partial charge in [-0.3, -0.25) is 0 Å². The van der Waals surface area contributed by atoms with Crippen molar-refractivity contribution < 1.29 is 15.0 Å². The third-order valence-corrected chi connectivity index (χ3v) is 0.401. The van der Waals surface area contributed by atoms with Crippen LogP contribution >= 0.6 is 15.9 Å². The van der Waals surface area contributed by atoms with E-state index in [4.69, 9.17) is 21.4 Å². The van der Waals surface area contributed by atoms with Gasteiger partial charge in [0.05, 0.1) is 5.33 Å². The molecule has 9 heavy (non-hydrogen) atoms. The van der Waals surface area contributed by atoms with Crippen LogP contribution in [-0.4, -0.2) is 73.1 Å². The second kappa shape index (κ2) is 16.0. The number of hydrogen-bond donors (Lipinski definition) is 2. The van der Waals surface area contributed by atoms with Gasteiger partial charge in [0.25, 0.3) is 0 Å². The Morgan fingerprint density at radius 2 is 1.78 bits per heavy atom. The van der Waals surface area contributed by atoms with Gasteiger partial charge in [0.2, 0.25) is 0 Å². The van der Waals surface area contributed by atoms with Crippen LogP contribution in [0.3, 0.4) is 0 Å². The molecular formula is C4H6BrKO3. The first-order chi connectivity index (χ1) is 3.65. The molecule has 0 radical (unpaired) electrons. The van der Waals surface area contributed by atoms with Crippen molar-refractivity contribution >= 4 is 73.5 Å². The maximum absolute atomic E-state index is 8.56. The summed E-state index contributed by atoms with van der Waals surface area (Å²) in [5, 5.41) is 14.6. The van der Waals surface area contributed by atoms with E-state index < -0.39 is 6.16 Å². The first-order valence-electron chi connectivity index (χ1n) is 1.56. The summed E-state index contributed by atoms with van der Waals surface area (Å²) in [7, 11) is 0. The van der Waals surface area contributed by atoms with E-state index >= 15 is 0 Å². The average Bonchev–Trinajstić information content (AvgIpc) is 1.65. The molecule has 0 fully saturated rings. The molecule has 0 aromatic rings. The molecule has 0 aliphatic rings. The fourth-order valence-corrected chi connectivity index (χ4v) is 0. The molecular weight excluding hydrogens is 215 g/mol. The van der Waals surface area contributed by atoms with Crippen LogP contribution in [0.4, 0.5) is 4.79 Å². The van der Waals surface area contributed by atoms with Gasteiger partial charge < -0.3 is 10.2 Å². The first-order valence-corrected chi connectivity index (χ1v) is 2.68. The standard InChI is InChI=1S/C3H3Br.CH2O3.K.H/c1-2-3-4;2-1(3)4;;/h1H,3H2;(H2,2,3,4);;. The number of alkyl halides is 1. The Balaban J connectivity index is -0.0000000720. The van der Waals surface area contributed by atoms with Gasteiger partial charge in [-0.05, 0) is 0 Å². The molecule has 0 rings (SSSR count). The van der Waals surface area contributed by atoms with Crippen molar-refractivity contribution in [2.45, 2.75) is 0 Å². The number of carbonyl (C=O) groups is 1. The zero-order valence-corrected chi connectivity index (χ0v) is 5.55. The average molecular weight is 221 g/mol. The Labute approximate surface area is 104 Å². The van der Waals surface area contributed by atoms with Gasteiger partial charge in [-0.15, -0.1) is 6.42 Å². The molecule has 0 aromatic carbocycles. The summed E-state index contributed by atoms with van der Waals surface area (Å²) >= 11 is 3.01. The number of hydrogen-bond acceptors (Lipinski definition) is 1. The summed E-state index contributed by atoms with van der Waals surface area (Å²) in [6.45, 7) is 0. The topological polar surface area (TPSA) is 57.5 Å². The fraction of sp³-hybridized carbons (Fsp3) is 0.250. The van der Waals surface area contributed by atoms with E-state index in [1.54, 1.807) is 0 Å². The van der Waals surface area contributed by atoms with Gasteiger partial charge in [0.15, 0.2) is 0 Å². The number of terminal acetylenes is 1. The van der Waals surface area contributed by atoms with Crippen molar-refractivity contribution in [2.75, 3.05) is 5.33 Å². The Hall–Kier alpha value is 0.946. The second-order valence-electron chi connectivity index (χ2n) is 0.620. The monoisotopic (exact) mass is 220 g/mol. The van der Waals surface area contributed by atoms with Gasteiger partial charge in [-0.25, -0.2) is 4.79 Å². The summed E-state index contributed by atoms with van der Waals surface area (Å²) in [5.41, 5.74) is 0. The molecule has 0 bridgehead atoms. The fourth-order valence-electron chi connectivity index (χ4n) is 0. The van der Waals surface area contributed by atoms with E-state index in [1.165, 1.54) is 0 Å². The van der Waals surface area contributed by atoms with Crippen LogP contribution < -0.4 is 0 Å². The van der Waals surface area contributed by atoms with E-state index in [-0.39, 0.29) is 51.4 Å². The molecule has 0 spiro atoms. The second-order valence-corrected chi connectivity index (χ2v) is 1.18. The number of carboxylic acid groups (broad SMARTS) is 2. The van der Waals surface area contributed by atoms with Gasteiger partial charge in [-0.2, -0.15) is 0 Å². The van der Waals surface area contributed by atoms with E-state index in [2.05, 4.69) is 21.9 Å². The molecule has 0 unspecified atom stereocenters. The summed E-state index contributed by atoms with van der Waals surface area (Å²) in [6.07, 6.45) is 2.90. The van der Waals surface area contributed by atoms with Crippen LogP contribution in [0.15, 0.2) is 0 Å². The van der Waals surface area contributed by atoms with Crippen molar-refractivity contribution in [1.82, 2.24) is 0 Å². The maximum atomic E-state index is 8.56. The molecule has 5 heteroatoms. The molecule has 0 aromatic heterocycles. The van der Waals surface area contributed by atoms with Crippen molar-refractivity contribution in [3.8, 4) is 12.3 Å². The van der Waals surface area contributed by atoms with E-state index in [0.29, 0.717) is 5.33 Å². The molecule has 0 saturated heterocycles. The summed E-state index contributed by atoms with van der Waals surface area (Å²) < 4.78 is 0. The van der Waals surface area contributed by atoms with Gasteiger partial charge in [0, 0.05) is 0 Å². The van der Waals surface area contributed by atoms with Crippen molar-refractivity contribution in [2.24, 2.45) is 0 Å².